The summed E-state index contributed by atoms with van der Waals surface area (Å²) in [6, 6.07) is 13.7. The molecule has 0 atom stereocenters. The minimum atomic E-state index is 0.660. The molecule has 1 heterocycles. The van der Waals surface area contributed by atoms with Crippen LogP contribution in [-0.2, 0) is 0 Å². The van der Waals surface area contributed by atoms with Gasteiger partial charge in [-0.3, -0.25) is 9.79 Å². The lowest BCUT2D eigenvalue weighted by molar-refractivity contribution is 0.112. The molecule has 3 rings (SSSR count). The fourth-order valence-electron chi connectivity index (χ4n) is 1.73. The van der Waals surface area contributed by atoms with E-state index >= 15 is 0 Å². The van der Waals surface area contributed by atoms with Gasteiger partial charge >= 0.3 is 0 Å². The van der Waals surface area contributed by atoms with Crippen molar-refractivity contribution in [3.63, 3.8) is 0 Å². The number of rotatable bonds is 1. The molecule has 3 heteroatoms. The fourth-order valence-corrected chi connectivity index (χ4v) is 2.71. The highest BCUT2D eigenvalue weighted by atomic mass is 32.2. The van der Waals surface area contributed by atoms with Gasteiger partial charge in [0.25, 0.3) is 0 Å². The Kier molecular flexibility index (Phi) is 2.53. The minimum Gasteiger partial charge on any atom is -0.298 e. The predicted octanol–water partition coefficient (Wildman–Crippen LogP) is 3.71. The zero-order valence-electron chi connectivity index (χ0n) is 8.96. The molecule has 2 aromatic carbocycles. The number of aldehydes is 1. The first-order valence-corrected chi connectivity index (χ1v) is 6.08. The van der Waals surface area contributed by atoms with Crippen LogP contribution in [0.15, 0.2) is 57.2 Å². The van der Waals surface area contributed by atoms with Crippen molar-refractivity contribution in [1.29, 1.82) is 0 Å². The summed E-state index contributed by atoms with van der Waals surface area (Å²) in [5.41, 5.74) is 2.63. The summed E-state index contributed by atoms with van der Waals surface area (Å²) in [6.07, 6.45) is 2.70. The maximum Gasteiger partial charge on any atom is 0.150 e. The number of hydrogen-bond donors (Lipinski definition) is 0. The van der Waals surface area contributed by atoms with Crippen molar-refractivity contribution in [3.8, 4) is 0 Å². The van der Waals surface area contributed by atoms with Crippen molar-refractivity contribution in [2.75, 3.05) is 0 Å². The monoisotopic (exact) mass is 239 g/mol. The van der Waals surface area contributed by atoms with E-state index in [2.05, 4.69) is 11.1 Å². The zero-order valence-corrected chi connectivity index (χ0v) is 9.78. The molecular formula is C14H9NOS. The molecule has 0 fully saturated rings. The summed E-state index contributed by atoms with van der Waals surface area (Å²) >= 11 is 1.68. The van der Waals surface area contributed by atoms with Crippen molar-refractivity contribution in [3.05, 3.63) is 53.6 Å². The maximum absolute atomic E-state index is 10.7. The largest absolute Gasteiger partial charge is 0.298 e. The third kappa shape index (κ3) is 1.89. The van der Waals surface area contributed by atoms with E-state index in [0.717, 1.165) is 22.4 Å². The van der Waals surface area contributed by atoms with Gasteiger partial charge in [0.2, 0.25) is 0 Å². The van der Waals surface area contributed by atoms with Gasteiger partial charge in [-0.05, 0) is 18.2 Å². The standard InChI is InChI=1S/C14H9NOS/c16-9-10-5-6-14-12(7-10)15-8-11-3-1-2-4-13(11)17-14/h1-9H. The Morgan fingerprint density at radius 1 is 1.06 bits per heavy atom. The highest BCUT2D eigenvalue weighted by Gasteiger charge is 2.10. The van der Waals surface area contributed by atoms with Crippen molar-refractivity contribution >= 4 is 30.0 Å². The highest BCUT2D eigenvalue weighted by Crippen LogP contribution is 2.38. The Morgan fingerprint density at radius 3 is 2.82 bits per heavy atom. The van der Waals surface area contributed by atoms with Crippen LogP contribution in [0.4, 0.5) is 5.69 Å². The highest BCUT2D eigenvalue weighted by molar-refractivity contribution is 7.99. The van der Waals surface area contributed by atoms with Crippen LogP contribution in [0.1, 0.15) is 15.9 Å². The fraction of sp³-hybridized carbons (Fsp3) is 0. The Morgan fingerprint density at radius 2 is 1.94 bits per heavy atom. The maximum atomic E-state index is 10.7. The van der Waals surface area contributed by atoms with Gasteiger partial charge in [0.15, 0.2) is 0 Å². The van der Waals surface area contributed by atoms with E-state index in [1.54, 1.807) is 11.8 Å². The number of fused-ring (bicyclic) bond motifs is 2. The summed E-state index contributed by atoms with van der Waals surface area (Å²) in [4.78, 5) is 17.4. The first kappa shape index (κ1) is 10.3. The Bertz CT molecular complexity index is 619. The molecule has 0 aromatic heterocycles. The lowest BCUT2D eigenvalue weighted by Gasteiger charge is -2.04. The van der Waals surface area contributed by atoms with Crippen LogP contribution < -0.4 is 0 Å². The average molecular weight is 239 g/mol. The normalized spacial score (nSPS) is 12.5. The van der Waals surface area contributed by atoms with Crippen molar-refractivity contribution in [2.45, 2.75) is 9.79 Å². The van der Waals surface area contributed by atoms with Gasteiger partial charge in [0, 0.05) is 27.1 Å². The summed E-state index contributed by atoms with van der Waals surface area (Å²) in [7, 11) is 0. The Labute approximate surface area is 103 Å². The number of hydrogen-bond acceptors (Lipinski definition) is 3. The molecule has 0 amide bonds. The first-order valence-electron chi connectivity index (χ1n) is 5.27. The number of aliphatic imine (C=N–C) groups is 1. The number of nitrogens with zero attached hydrogens (tertiary/aromatic N) is 1. The quantitative estimate of drug-likeness (QED) is 0.606. The Hall–Kier alpha value is -1.87. The van der Waals surface area contributed by atoms with Gasteiger partial charge in [-0.1, -0.05) is 36.0 Å². The molecule has 0 spiro atoms. The van der Waals surface area contributed by atoms with E-state index in [1.807, 2.05) is 42.6 Å². The van der Waals surface area contributed by atoms with Gasteiger partial charge in [-0.15, -0.1) is 0 Å². The van der Waals surface area contributed by atoms with E-state index in [9.17, 15) is 4.79 Å². The predicted molar refractivity (Wildman–Crippen MR) is 69.6 cm³/mol. The van der Waals surface area contributed by atoms with E-state index < -0.39 is 0 Å². The molecule has 0 radical (unpaired) electrons. The van der Waals surface area contributed by atoms with Crippen LogP contribution in [0.2, 0.25) is 0 Å². The van der Waals surface area contributed by atoms with Crippen molar-refractivity contribution in [2.24, 2.45) is 4.99 Å². The summed E-state index contributed by atoms with van der Waals surface area (Å²) in [5, 5.41) is 0. The molecule has 82 valence electrons. The van der Waals surface area contributed by atoms with Crippen LogP contribution in [0, 0.1) is 0 Å². The molecule has 0 N–H and O–H groups in total. The van der Waals surface area contributed by atoms with Gasteiger partial charge in [0.1, 0.15) is 6.29 Å². The minimum absolute atomic E-state index is 0.660. The van der Waals surface area contributed by atoms with Gasteiger partial charge in [-0.2, -0.15) is 0 Å². The SMILES string of the molecule is O=Cc1ccc2c(c1)N=Cc1ccccc1S2. The van der Waals surface area contributed by atoms with Crippen molar-refractivity contribution < 1.29 is 4.79 Å². The van der Waals surface area contributed by atoms with Gasteiger partial charge in [-0.25, -0.2) is 0 Å². The smallest absolute Gasteiger partial charge is 0.150 e. The van der Waals surface area contributed by atoms with E-state index in [-0.39, 0.29) is 0 Å². The molecule has 0 saturated carbocycles. The lowest BCUT2D eigenvalue weighted by atomic mass is 10.2. The lowest BCUT2D eigenvalue weighted by Crippen LogP contribution is -1.81. The van der Waals surface area contributed by atoms with Crippen molar-refractivity contribution in [1.82, 2.24) is 0 Å². The van der Waals surface area contributed by atoms with Crippen LogP contribution in [0.3, 0.4) is 0 Å². The van der Waals surface area contributed by atoms with Gasteiger partial charge in [0.05, 0.1) is 5.69 Å². The summed E-state index contributed by atoms with van der Waals surface area (Å²) in [5.74, 6) is 0. The molecule has 2 nitrogen and oxygen atoms in total. The number of carbonyl (C=O) groups is 1. The summed E-state index contributed by atoms with van der Waals surface area (Å²) in [6.45, 7) is 0. The van der Waals surface area contributed by atoms with Crippen LogP contribution >= 0.6 is 11.8 Å². The third-order valence-electron chi connectivity index (χ3n) is 2.60. The topological polar surface area (TPSA) is 29.4 Å². The molecule has 0 bridgehead atoms. The molecule has 0 saturated heterocycles. The van der Waals surface area contributed by atoms with Crippen LogP contribution in [-0.4, -0.2) is 12.5 Å². The van der Waals surface area contributed by atoms with E-state index in [4.69, 9.17) is 0 Å². The first-order chi connectivity index (χ1) is 8.36. The second-order valence-corrected chi connectivity index (χ2v) is 4.83. The van der Waals surface area contributed by atoms with Crippen LogP contribution in [0.25, 0.3) is 0 Å². The molecule has 1 aliphatic heterocycles. The second kappa shape index (κ2) is 4.18. The van der Waals surface area contributed by atoms with E-state index in [1.165, 1.54) is 4.90 Å². The van der Waals surface area contributed by atoms with E-state index in [0.29, 0.717) is 5.56 Å². The molecule has 17 heavy (non-hydrogen) atoms. The molecule has 1 aliphatic rings. The second-order valence-electron chi connectivity index (χ2n) is 3.74. The third-order valence-corrected chi connectivity index (χ3v) is 3.76. The number of benzene rings is 2. The molecule has 2 aromatic rings. The molecule has 0 aliphatic carbocycles. The Balaban J connectivity index is 2.14. The molecular weight excluding hydrogens is 230 g/mol. The zero-order chi connectivity index (χ0) is 11.7. The number of carbonyl (C=O) groups excluding carboxylic acids is 1. The average Bonchev–Trinajstić information content (AvgIpc) is 2.57. The summed E-state index contributed by atoms with van der Waals surface area (Å²) < 4.78 is 0. The van der Waals surface area contributed by atoms with Gasteiger partial charge < -0.3 is 0 Å². The molecule has 0 unspecified atom stereocenters. The van der Waals surface area contributed by atoms with Crippen LogP contribution in [0.5, 0.6) is 0 Å².